The summed E-state index contributed by atoms with van der Waals surface area (Å²) in [5, 5.41) is 11.1. The summed E-state index contributed by atoms with van der Waals surface area (Å²) >= 11 is 0. The molecule has 1 atom stereocenters. The predicted molar refractivity (Wildman–Crippen MR) is 145 cm³/mol. The summed E-state index contributed by atoms with van der Waals surface area (Å²) in [4.78, 5) is 17.5. The maximum atomic E-state index is 13.9. The minimum Gasteiger partial charge on any atom is -0.493 e. The van der Waals surface area contributed by atoms with E-state index in [9.17, 15) is 18.7 Å². The molecule has 2 aromatic heterocycles. The maximum Gasteiger partial charge on any atom is 0.337 e. The monoisotopic (exact) mass is 534 g/mol. The van der Waals surface area contributed by atoms with Gasteiger partial charge in [-0.05, 0) is 94.0 Å². The SMILES string of the molecule is Cc1nc2c(ccn2Cc2ccc(F)c(F)c2)c(-c2ccc3c(c2C)CCCO3)c1C(OC(C)(C)C)C(=O)O. The second-order valence-corrected chi connectivity index (χ2v) is 11.0. The number of rotatable bonds is 6. The van der Waals surface area contributed by atoms with E-state index < -0.39 is 29.3 Å². The molecule has 1 aliphatic rings. The lowest BCUT2D eigenvalue weighted by Gasteiger charge is -2.29. The van der Waals surface area contributed by atoms with E-state index in [1.54, 1.807) is 6.92 Å². The van der Waals surface area contributed by atoms with Crippen LogP contribution >= 0.6 is 0 Å². The molecule has 0 radical (unpaired) electrons. The normalized spacial score (nSPS) is 14.2. The minimum absolute atomic E-state index is 0.268. The van der Waals surface area contributed by atoms with Gasteiger partial charge in [0.2, 0.25) is 0 Å². The number of carboxylic acids is 1. The summed E-state index contributed by atoms with van der Waals surface area (Å²) in [7, 11) is 0. The van der Waals surface area contributed by atoms with Crippen molar-refractivity contribution in [2.24, 2.45) is 0 Å². The first-order chi connectivity index (χ1) is 18.4. The molecule has 0 aliphatic carbocycles. The highest BCUT2D eigenvalue weighted by molar-refractivity contribution is 5.99. The average molecular weight is 535 g/mol. The Morgan fingerprint density at radius 2 is 1.92 bits per heavy atom. The van der Waals surface area contributed by atoms with Crippen LogP contribution in [0.15, 0.2) is 42.6 Å². The van der Waals surface area contributed by atoms with Crippen LogP contribution in [0.5, 0.6) is 5.75 Å². The van der Waals surface area contributed by atoms with Gasteiger partial charge >= 0.3 is 5.97 Å². The summed E-state index contributed by atoms with van der Waals surface area (Å²) in [5.74, 6) is -2.06. The van der Waals surface area contributed by atoms with Crippen molar-refractivity contribution in [3.63, 3.8) is 0 Å². The highest BCUT2D eigenvalue weighted by Gasteiger charge is 2.33. The van der Waals surface area contributed by atoms with Crippen LogP contribution in [-0.4, -0.2) is 32.8 Å². The van der Waals surface area contributed by atoms with E-state index in [2.05, 4.69) is 0 Å². The molecular formula is C31H32F2N2O4. The van der Waals surface area contributed by atoms with Gasteiger partial charge in [0.1, 0.15) is 11.4 Å². The Labute approximate surface area is 226 Å². The van der Waals surface area contributed by atoms with E-state index in [0.29, 0.717) is 29.1 Å². The number of carboxylic acid groups (broad SMARTS) is 1. The minimum atomic E-state index is -1.25. The maximum absolute atomic E-state index is 13.9. The molecule has 0 saturated carbocycles. The topological polar surface area (TPSA) is 73.6 Å². The second kappa shape index (κ2) is 10.1. The molecule has 1 aliphatic heterocycles. The van der Waals surface area contributed by atoms with Crippen molar-refractivity contribution in [1.82, 2.24) is 9.55 Å². The quantitative estimate of drug-likeness (QED) is 0.291. The number of benzene rings is 2. The third-order valence-corrected chi connectivity index (χ3v) is 7.08. The molecule has 39 heavy (non-hydrogen) atoms. The van der Waals surface area contributed by atoms with Crippen LogP contribution in [0.4, 0.5) is 8.78 Å². The molecule has 3 heterocycles. The molecule has 0 saturated heterocycles. The zero-order chi connectivity index (χ0) is 28.1. The molecule has 0 amide bonds. The van der Waals surface area contributed by atoms with Crippen LogP contribution in [0.3, 0.4) is 0 Å². The van der Waals surface area contributed by atoms with Crippen molar-refractivity contribution in [2.75, 3.05) is 6.61 Å². The standard InChI is InChI=1S/C31H32F2N2O4/c1-17-20-7-6-14-38-25(20)11-9-21(17)27-22-12-13-35(16-19-8-10-23(32)24(33)15-19)29(22)34-18(2)26(27)28(30(36)37)39-31(3,4)5/h8-13,15,28H,6-7,14,16H2,1-5H3,(H,36,37). The first kappa shape index (κ1) is 26.8. The zero-order valence-electron chi connectivity index (χ0n) is 22.8. The van der Waals surface area contributed by atoms with Crippen molar-refractivity contribution < 1.29 is 28.2 Å². The third kappa shape index (κ3) is 5.13. The van der Waals surface area contributed by atoms with Gasteiger partial charge in [-0.15, -0.1) is 0 Å². The summed E-state index contributed by atoms with van der Waals surface area (Å²) in [6.07, 6.45) is 2.36. The van der Waals surface area contributed by atoms with Crippen LogP contribution in [-0.2, 0) is 22.5 Å². The smallest absolute Gasteiger partial charge is 0.337 e. The van der Waals surface area contributed by atoms with Crippen molar-refractivity contribution in [3.05, 3.63) is 82.2 Å². The zero-order valence-corrected chi connectivity index (χ0v) is 22.8. The van der Waals surface area contributed by atoms with E-state index >= 15 is 0 Å². The van der Waals surface area contributed by atoms with Crippen LogP contribution in [0, 0.1) is 25.5 Å². The number of nitrogens with zero attached hydrogens (tertiary/aromatic N) is 2. The van der Waals surface area contributed by atoms with Crippen LogP contribution in [0.25, 0.3) is 22.2 Å². The number of ether oxygens (including phenoxy) is 2. The molecule has 8 heteroatoms. The summed E-state index contributed by atoms with van der Waals surface area (Å²) in [5.41, 5.74) is 5.25. The molecule has 6 nitrogen and oxygen atoms in total. The Morgan fingerprint density at radius 3 is 2.62 bits per heavy atom. The average Bonchev–Trinajstić information content (AvgIpc) is 3.26. The van der Waals surface area contributed by atoms with Crippen LogP contribution < -0.4 is 4.74 Å². The lowest BCUT2D eigenvalue weighted by Crippen LogP contribution is -2.28. The second-order valence-electron chi connectivity index (χ2n) is 11.0. The molecule has 2 aromatic carbocycles. The van der Waals surface area contributed by atoms with Crippen molar-refractivity contribution in [3.8, 4) is 16.9 Å². The Balaban J connectivity index is 1.77. The highest BCUT2D eigenvalue weighted by Crippen LogP contribution is 2.43. The van der Waals surface area contributed by atoms with Crippen LogP contribution in [0.1, 0.15) is 61.2 Å². The van der Waals surface area contributed by atoms with Crippen molar-refractivity contribution >= 4 is 17.0 Å². The number of hydrogen-bond acceptors (Lipinski definition) is 4. The van der Waals surface area contributed by atoms with Crippen molar-refractivity contribution in [1.29, 1.82) is 0 Å². The number of aliphatic carboxylic acids is 1. The van der Waals surface area contributed by atoms with Gasteiger partial charge in [0.25, 0.3) is 0 Å². The van der Waals surface area contributed by atoms with E-state index in [-0.39, 0.29) is 6.54 Å². The van der Waals surface area contributed by atoms with Gasteiger partial charge in [-0.25, -0.2) is 18.6 Å². The lowest BCUT2D eigenvalue weighted by atomic mass is 9.87. The number of aromatic nitrogens is 2. The Hall–Kier alpha value is -3.78. The third-order valence-electron chi connectivity index (χ3n) is 7.08. The number of carbonyl (C=O) groups is 1. The number of aryl methyl sites for hydroxylation is 1. The van der Waals surface area contributed by atoms with E-state index in [0.717, 1.165) is 52.3 Å². The summed E-state index contributed by atoms with van der Waals surface area (Å²) in [6, 6.07) is 9.64. The Bertz CT molecular complexity index is 1590. The lowest BCUT2D eigenvalue weighted by molar-refractivity contribution is -0.160. The molecule has 1 unspecified atom stereocenters. The largest absolute Gasteiger partial charge is 0.493 e. The van der Waals surface area contributed by atoms with Gasteiger partial charge in [-0.3, -0.25) is 0 Å². The van der Waals surface area contributed by atoms with E-state index in [1.807, 2.05) is 56.7 Å². The predicted octanol–water partition coefficient (Wildman–Crippen LogP) is 6.91. The molecule has 0 bridgehead atoms. The van der Waals surface area contributed by atoms with Crippen LogP contribution in [0.2, 0.25) is 0 Å². The van der Waals surface area contributed by atoms with Crippen molar-refractivity contribution in [2.45, 2.75) is 65.7 Å². The first-order valence-corrected chi connectivity index (χ1v) is 13.0. The van der Waals surface area contributed by atoms with Gasteiger partial charge in [-0.2, -0.15) is 0 Å². The van der Waals surface area contributed by atoms with Gasteiger partial charge in [0.15, 0.2) is 17.7 Å². The molecule has 0 fully saturated rings. The fourth-order valence-electron chi connectivity index (χ4n) is 5.37. The van der Waals surface area contributed by atoms with Gasteiger partial charge in [-0.1, -0.05) is 12.1 Å². The van der Waals surface area contributed by atoms with Gasteiger partial charge < -0.3 is 19.1 Å². The summed E-state index contributed by atoms with van der Waals surface area (Å²) in [6.45, 7) is 10.2. The Kier molecular flexibility index (Phi) is 6.93. The molecule has 1 N–H and O–H groups in total. The first-order valence-electron chi connectivity index (χ1n) is 13.0. The molecule has 204 valence electrons. The summed E-state index contributed by atoms with van der Waals surface area (Å²) < 4.78 is 41.3. The highest BCUT2D eigenvalue weighted by atomic mass is 19.2. The number of fused-ring (bicyclic) bond motifs is 2. The Morgan fingerprint density at radius 1 is 1.15 bits per heavy atom. The molecule has 0 spiro atoms. The number of hydrogen-bond donors (Lipinski definition) is 1. The fraction of sp³-hybridized carbons (Fsp3) is 0.355. The fourth-order valence-corrected chi connectivity index (χ4v) is 5.37. The molecule has 5 rings (SSSR count). The number of halogens is 2. The van der Waals surface area contributed by atoms with Gasteiger partial charge in [0.05, 0.1) is 12.2 Å². The molecular weight excluding hydrogens is 502 g/mol. The van der Waals surface area contributed by atoms with E-state index in [4.69, 9.17) is 14.5 Å². The molecule has 4 aromatic rings. The van der Waals surface area contributed by atoms with Gasteiger partial charge in [0, 0.05) is 34.9 Å². The number of pyridine rings is 1. The van der Waals surface area contributed by atoms with E-state index in [1.165, 1.54) is 12.1 Å².